The first-order chi connectivity index (χ1) is 11.6. The molecule has 4 nitrogen and oxygen atoms in total. The third-order valence-electron chi connectivity index (χ3n) is 4.37. The van der Waals surface area contributed by atoms with Gasteiger partial charge in [-0.05, 0) is 55.9 Å². The minimum Gasteiger partial charge on any atom is -0.462 e. The SMILES string of the molecule is CCOC(=O)c1c(C)[nH]c(-c2cc(C)c(C(C)(C)C)cc2C)cc1=O. The van der Waals surface area contributed by atoms with Gasteiger partial charge in [0.15, 0.2) is 5.43 Å². The molecule has 1 heterocycles. The summed E-state index contributed by atoms with van der Waals surface area (Å²) >= 11 is 0. The zero-order valence-corrected chi connectivity index (χ0v) is 16.2. The van der Waals surface area contributed by atoms with Gasteiger partial charge in [0.05, 0.1) is 6.61 Å². The second-order valence-corrected chi connectivity index (χ2v) is 7.50. The van der Waals surface area contributed by atoms with Crippen LogP contribution >= 0.6 is 0 Å². The molecule has 0 amide bonds. The lowest BCUT2D eigenvalue weighted by Crippen LogP contribution is -2.20. The van der Waals surface area contributed by atoms with Gasteiger partial charge in [-0.2, -0.15) is 0 Å². The molecule has 0 aliphatic heterocycles. The van der Waals surface area contributed by atoms with Gasteiger partial charge in [-0.15, -0.1) is 0 Å². The standard InChI is InChI=1S/C21H27NO3/c1-8-25-20(24)19-14(4)22-17(11-18(19)23)15-9-13(3)16(10-12(15)2)21(5,6)7/h9-11H,8H2,1-7H3,(H,22,23). The normalized spacial score (nSPS) is 11.5. The number of aryl methyl sites for hydroxylation is 3. The maximum Gasteiger partial charge on any atom is 0.343 e. The highest BCUT2D eigenvalue weighted by Crippen LogP contribution is 2.31. The van der Waals surface area contributed by atoms with Crippen molar-refractivity contribution in [1.29, 1.82) is 0 Å². The molecule has 0 atom stereocenters. The molecule has 0 aliphatic carbocycles. The monoisotopic (exact) mass is 341 g/mol. The zero-order valence-electron chi connectivity index (χ0n) is 16.2. The topological polar surface area (TPSA) is 59.2 Å². The molecule has 0 bridgehead atoms. The maximum atomic E-state index is 12.5. The van der Waals surface area contributed by atoms with Crippen molar-refractivity contribution in [3.05, 3.63) is 56.4 Å². The summed E-state index contributed by atoms with van der Waals surface area (Å²) < 4.78 is 4.97. The summed E-state index contributed by atoms with van der Waals surface area (Å²) in [6.07, 6.45) is 0. The number of hydrogen-bond donors (Lipinski definition) is 1. The molecule has 0 radical (unpaired) electrons. The van der Waals surface area contributed by atoms with E-state index in [4.69, 9.17) is 4.74 Å². The van der Waals surface area contributed by atoms with E-state index in [9.17, 15) is 9.59 Å². The van der Waals surface area contributed by atoms with Crippen molar-refractivity contribution in [3.8, 4) is 11.3 Å². The highest BCUT2D eigenvalue weighted by molar-refractivity contribution is 5.90. The largest absolute Gasteiger partial charge is 0.462 e. The van der Waals surface area contributed by atoms with Crippen molar-refractivity contribution in [2.45, 2.75) is 53.9 Å². The lowest BCUT2D eigenvalue weighted by molar-refractivity contribution is 0.0523. The van der Waals surface area contributed by atoms with Gasteiger partial charge in [0.1, 0.15) is 5.56 Å². The Morgan fingerprint density at radius 3 is 2.24 bits per heavy atom. The first-order valence-electron chi connectivity index (χ1n) is 8.59. The van der Waals surface area contributed by atoms with Gasteiger partial charge in [0.25, 0.3) is 0 Å². The number of pyridine rings is 1. The molecule has 0 saturated carbocycles. The quantitative estimate of drug-likeness (QED) is 0.840. The van der Waals surface area contributed by atoms with Crippen molar-refractivity contribution < 1.29 is 9.53 Å². The Kier molecular flexibility index (Phi) is 5.21. The third kappa shape index (κ3) is 3.84. The lowest BCUT2D eigenvalue weighted by Gasteiger charge is -2.23. The fraction of sp³-hybridized carbons (Fsp3) is 0.429. The van der Waals surface area contributed by atoms with Gasteiger partial charge in [0.2, 0.25) is 0 Å². The number of rotatable bonds is 3. The van der Waals surface area contributed by atoms with Crippen molar-refractivity contribution >= 4 is 5.97 Å². The van der Waals surface area contributed by atoms with Crippen LogP contribution in [-0.2, 0) is 10.2 Å². The van der Waals surface area contributed by atoms with Crippen LogP contribution in [0.1, 0.15) is 60.4 Å². The molecule has 0 fully saturated rings. The van der Waals surface area contributed by atoms with Crippen molar-refractivity contribution in [2.24, 2.45) is 0 Å². The zero-order chi connectivity index (χ0) is 18.9. The van der Waals surface area contributed by atoms with Gasteiger partial charge < -0.3 is 9.72 Å². The summed E-state index contributed by atoms with van der Waals surface area (Å²) in [5, 5.41) is 0. The van der Waals surface area contributed by atoms with E-state index < -0.39 is 5.97 Å². The predicted molar refractivity (Wildman–Crippen MR) is 101 cm³/mol. The van der Waals surface area contributed by atoms with E-state index >= 15 is 0 Å². The van der Waals surface area contributed by atoms with Crippen molar-refractivity contribution in [3.63, 3.8) is 0 Å². The van der Waals surface area contributed by atoms with E-state index in [1.54, 1.807) is 13.8 Å². The van der Waals surface area contributed by atoms with Gasteiger partial charge in [-0.3, -0.25) is 4.79 Å². The van der Waals surface area contributed by atoms with Crippen LogP contribution in [0, 0.1) is 20.8 Å². The lowest BCUT2D eigenvalue weighted by atomic mass is 9.82. The van der Waals surface area contributed by atoms with E-state index in [2.05, 4.69) is 44.8 Å². The minimum absolute atomic E-state index is 0.0600. The summed E-state index contributed by atoms with van der Waals surface area (Å²) in [4.78, 5) is 27.6. The predicted octanol–water partition coefficient (Wildman–Crippen LogP) is 4.44. The van der Waals surface area contributed by atoms with Gasteiger partial charge in [0, 0.05) is 23.0 Å². The first-order valence-corrected chi connectivity index (χ1v) is 8.59. The van der Waals surface area contributed by atoms with Crippen LogP contribution in [0.3, 0.4) is 0 Å². The van der Waals surface area contributed by atoms with Gasteiger partial charge >= 0.3 is 5.97 Å². The Balaban J connectivity index is 2.59. The Morgan fingerprint density at radius 2 is 1.72 bits per heavy atom. The molecule has 1 aromatic heterocycles. The fourth-order valence-electron chi connectivity index (χ4n) is 3.21. The highest BCUT2D eigenvalue weighted by Gasteiger charge is 2.20. The van der Waals surface area contributed by atoms with E-state index in [1.165, 1.54) is 17.2 Å². The highest BCUT2D eigenvalue weighted by atomic mass is 16.5. The van der Waals surface area contributed by atoms with E-state index in [0.717, 1.165) is 16.8 Å². The molecule has 0 saturated heterocycles. The Morgan fingerprint density at radius 1 is 1.08 bits per heavy atom. The Labute approximate surface area is 149 Å². The smallest absolute Gasteiger partial charge is 0.343 e. The average molecular weight is 341 g/mol. The molecule has 1 N–H and O–H groups in total. The fourth-order valence-corrected chi connectivity index (χ4v) is 3.21. The molecule has 0 spiro atoms. The van der Waals surface area contributed by atoms with Gasteiger partial charge in [-0.25, -0.2) is 4.79 Å². The number of aromatic nitrogens is 1. The second kappa shape index (κ2) is 6.87. The molecule has 0 aliphatic rings. The number of H-pyrrole nitrogens is 1. The number of benzene rings is 1. The van der Waals surface area contributed by atoms with E-state index in [0.29, 0.717) is 5.69 Å². The third-order valence-corrected chi connectivity index (χ3v) is 4.37. The molecule has 0 unspecified atom stereocenters. The molecule has 25 heavy (non-hydrogen) atoms. The molecule has 134 valence electrons. The number of ether oxygens (including phenoxy) is 1. The molecule has 4 heteroatoms. The summed E-state index contributed by atoms with van der Waals surface area (Å²) in [6.45, 7) is 14.4. The summed E-state index contributed by atoms with van der Waals surface area (Å²) in [5.74, 6) is -0.580. The van der Waals surface area contributed by atoms with Crippen molar-refractivity contribution in [2.75, 3.05) is 6.61 Å². The first kappa shape index (κ1) is 19.0. The van der Waals surface area contributed by atoms with Crippen LogP contribution in [0.15, 0.2) is 23.0 Å². The average Bonchev–Trinajstić information content (AvgIpc) is 2.47. The second-order valence-electron chi connectivity index (χ2n) is 7.50. The van der Waals surface area contributed by atoms with Gasteiger partial charge in [-0.1, -0.05) is 26.8 Å². The molecule has 2 aromatic rings. The van der Waals surface area contributed by atoms with Crippen LogP contribution in [0.25, 0.3) is 11.3 Å². The number of aromatic amines is 1. The summed E-state index contributed by atoms with van der Waals surface area (Å²) in [7, 11) is 0. The molecule has 1 aromatic carbocycles. The Bertz CT molecular complexity index is 870. The number of hydrogen-bond acceptors (Lipinski definition) is 3. The number of carbonyl (C=O) groups is 1. The summed E-state index contributed by atoms with van der Waals surface area (Å²) in [5.41, 5.74) is 5.60. The Hall–Kier alpha value is -2.36. The number of carbonyl (C=O) groups excluding carboxylic acids is 1. The number of nitrogens with one attached hydrogen (secondary N) is 1. The molecule has 2 rings (SSSR count). The van der Waals surface area contributed by atoms with E-state index in [-0.39, 0.29) is 23.0 Å². The van der Waals surface area contributed by atoms with Crippen LogP contribution in [0.2, 0.25) is 0 Å². The van der Waals surface area contributed by atoms with Crippen molar-refractivity contribution in [1.82, 2.24) is 4.98 Å². The molecular weight excluding hydrogens is 314 g/mol. The van der Waals surface area contributed by atoms with Crippen LogP contribution in [-0.4, -0.2) is 17.6 Å². The minimum atomic E-state index is -0.580. The van der Waals surface area contributed by atoms with Crippen LogP contribution in [0.4, 0.5) is 0 Å². The van der Waals surface area contributed by atoms with Crippen LogP contribution in [0.5, 0.6) is 0 Å². The summed E-state index contributed by atoms with van der Waals surface area (Å²) in [6, 6.07) is 5.76. The maximum absolute atomic E-state index is 12.5. The number of esters is 1. The molecular formula is C21H27NO3. The van der Waals surface area contributed by atoms with E-state index in [1.807, 2.05) is 6.92 Å². The van der Waals surface area contributed by atoms with Crippen LogP contribution < -0.4 is 5.43 Å².